The highest BCUT2D eigenvalue weighted by Crippen LogP contribution is 2.17. The number of sulfonamides is 1. The van der Waals surface area contributed by atoms with Crippen LogP contribution in [-0.2, 0) is 26.2 Å². The zero-order chi connectivity index (χ0) is 23.5. The van der Waals surface area contributed by atoms with E-state index in [9.17, 15) is 27.6 Å². The number of hydrogen-bond donors (Lipinski definition) is 4. The lowest BCUT2D eigenvalue weighted by molar-refractivity contribution is -0.139. The number of ketones is 1. The number of aromatic amines is 1. The number of Topliss-reactive ketones (excluding diaryl/α,β-unsaturated/α-hetero) is 1. The number of aromatic nitrogens is 1. The van der Waals surface area contributed by atoms with Crippen LogP contribution in [0.4, 0.5) is 0 Å². The number of benzene rings is 2. The van der Waals surface area contributed by atoms with Crippen molar-refractivity contribution in [3.63, 3.8) is 0 Å². The summed E-state index contributed by atoms with van der Waals surface area (Å²) in [5.74, 6) is -3.01. The summed E-state index contributed by atoms with van der Waals surface area (Å²) in [6.07, 6.45) is -0.528. The first-order valence-electron chi connectivity index (χ1n) is 9.30. The van der Waals surface area contributed by atoms with Crippen LogP contribution in [-0.4, -0.2) is 42.2 Å². The largest absolute Gasteiger partial charge is 0.481 e. The fourth-order valence-electron chi connectivity index (χ4n) is 2.85. The molecule has 3 aromatic rings. The molecule has 0 saturated heterocycles. The van der Waals surface area contributed by atoms with Crippen LogP contribution in [0.15, 0.2) is 56.6 Å². The first-order chi connectivity index (χ1) is 15.0. The van der Waals surface area contributed by atoms with E-state index in [1.165, 1.54) is 49.4 Å². The van der Waals surface area contributed by atoms with Gasteiger partial charge in [0.1, 0.15) is 0 Å². The van der Waals surface area contributed by atoms with Gasteiger partial charge in [0, 0.05) is 12.1 Å². The van der Waals surface area contributed by atoms with Gasteiger partial charge in [0.05, 0.1) is 22.9 Å². The van der Waals surface area contributed by atoms with E-state index in [2.05, 4.69) is 15.0 Å². The highest BCUT2D eigenvalue weighted by Gasteiger charge is 2.21. The minimum absolute atomic E-state index is 0.0632. The molecule has 0 radical (unpaired) electrons. The van der Waals surface area contributed by atoms with Gasteiger partial charge in [-0.15, -0.1) is 0 Å². The van der Waals surface area contributed by atoms with E-state index >= 15 is 0 Å². The second-order valence-corrected chi connectivity index (χ2v) is 8.70. The first-order valence-corrected chi connectivity index (χ1v) is 10.8. The fourth-order valence-corrected chi connectivity index (χ4v) is 3.89. The van der Waals surface area contributed by atoms with Crippen molar-refractivity contribution < 1.29 is 32.3 Å². The van der Waals surface area contributed by atoms with Crippen molar-refractivity contribution in [3.05, 3.63) is 64.1 Å². The van der Waals surface area contributed by atoms with Gasteiger partial charge in [-0.05, 0) is 42.8 Å². The van der Waals surface area contributed by atoms with Crippen molar-refractivity contribution >= 4 is 38.8 Å². The van der Waals surface area contributed by atoms with Gasteiger partial charge in [-0.2, -0.15) is 0 Å². The molecule has 1 atom stereocenters. The standard InChI is InChI=1S/C20H19N3O8S/c1-11(24)15(9-18(25)26)22-19(27)13-4-2-12(3-5-13)10-21-32(29,30)14-6-7-17-16(8-14)23-20(28)31-17/h2-8,15,21H,9-10H2,1H3,(H,22,27)(H,23,28)(H,25,26). The van der Waals surface area contributed by atoms with Gasteiger partial charge < -0.3 is 14.8 Å². The number of H-pyrrole nitrogens is 1. The minimum atomic E-state index is -3.89. The summed E-state index contributed by atoms with van der Waals surface area (Å²) in [6, 6.07) is 8.71. The third-order valence-electron chi connectivity index (χ3n) is 4.56. The number of amides is 1. The predicted octanol–water partition coefficient (Wildman–Crippen LogP) is 0.762. The van der Waals surface area contributed by atoms with Gasteiger partial charge in [-0.1, -0.05) is 12.1 Å². The molecule has 1 unspecified atom stereocenters. The van der Waals surface area contributed by atoms with E-state index in [1.807, 2.05) is 0 Å². The third-order valence-corrected chi connectivity index (χ3v) is 5.96. The molecule has 3 rings (SSSR count). The van der Waals surface area contributed by atoms with Gasteiger partial charge >= 0.3 is 11.7 Å². The summed E-state index contributed by atoms with van der Waals surface area (Å²) >= 11 is 0. The number of carboxylic acid groups (broad SMARTS) is 1. The Labute approximate surface area is 181 Å². The number of aliphatic carboxylic acids is 1. The highest BCUT2D eigenvalue weighted by molar-refractivity contribution is 7.89. The predicted molar refractivity (Wildman–Crippen MR) is 111 cm³/mol. The van der Waals surface area contributed by atoms with Crippen molar-refractivity contribution in [3.8, 4) is 0 Å². The summed E-state index contributed by atoms with van der Waals surface area (Å²) in [4.78, 5) is 48.1. The summed E-state index contributed by atoms with van der Waals surface area (Å²) in [5.41, 5.74) is 1.22. The third kappa shape index (κ3) is 5.47. The molecule has 0 bridgehead atoms. The molecule has 4 N–H and O–H groups in total. The van der Waals surface area contributed by atoms with E-state index in [-0.39, 0.29) is 28.1 Å². The molecule has 1 heterocycles. The number of carbonyl (C=O) groups excluding carboxylic acids is 2. The van der Waals surface area contributed by atoms with E-state index in [0.29, 0.717) is 5.56 Å². The fraction of sp³-hybridized carbons (Fsp3) is 0.200. The normalized spacial score (nSPS) is 12.4. The number of fused-ring (bicyclic) bond motifs is 1. The molecule has 2 aromatic carbocycles. The van der Waals surface area contributed by atoms with Crippen molar-refractivity contribution in [2.24, 2.45) is 0 Å². The number of rotatable bonds is 9. The van der Waals surface area contributed by atoms with Crippen LogP contribution in [0.5, 0.6) is 0 Å². The summed E-state index contributed by atoms with van der Waals surface area (Å²) in [7, 11) is -3.89. The average Bonchev–Trinajstić information content (AvgIpc) is 3.11. The van der Waals surface area contributed by atoms with Gasteiger partial charge in [-0.3, -0.25) is 19.4 Å². The Morgan fingerprint density at radius 3 is 2.44 bits per heavy atom. The lowest BCUT2D eigenvalue weighted by Gasteiger charge is -2.14. The molecule has 0 aliphatic heterocycles. The molecular formula is C20H19N3O8S. The summed E-state index contributed by atoms with van der Waals surface area (Å²) in [5, 5.41) is 11.2. The quantitative estimate of drug-likeness (QED) is 0.361. The second kappa shape index (κ2) is 9.16. The Balaban J connectivity index is 1.65. The molecule has 1 amide bonds. The second-order valence-electron chi connectivity index (χ2n) is 6.93. The maximum Gasteiger partial charge on any atom is 0.417 e. The maximum absolute atomic E-state index is 12.5. The van der Waals surface area contributed by atoms with E-state index in [0.717, 1.165) is 0 Å². The number of nitrogens with one attached hydrogen (secondary N) is 3. The topological polar surface area (TPSA) is 176 Å². The molecule has 0 aliphatic rings. The molecule has 11 nitrogen and oxygen atoms in total. The maximum atomic E-state index is 12.5. The monoisotopic (exact) mass is 461 g/mol. The minimum Gasteiger partial charge on any atom is -0.481 e. The Hall–Kier alpha value is -3.77. The van der Waals surface area contributed by atoms with Crippen molar-refractivity contribution in [1.82, 2.24) is 15.0 Å². The highest BCUT2D eigenvalue weighted by atomic mass is 32.2. The smallest absolute Gasteiger partial charge is 0.417 e. The van der Waals surface area contributed by atoms with E-state index in [4.69, 9.17) is 9.52 Å². The molecule has 0 aliphatic carbocycles. The zero-order valence-corrected chi connectivity index (χ0v) is 17.6. The Kier molecular flexibility index (Phi) is 6.55. The van der Waals surface area contributed by atoms with Crippen molar-refractivity contribution in [1.29, 1.82) is 0 Å². The average molecular weight is 461 g/mol. The van der Waals surface area contributed by atoms with Crippen LogP contribution in [0, 0.1) is 0 Å². The van der Waals surface area contributed by atoms with Crippen LogP contribution >= 0.6 is 0 Å². The zero-order valence-electron chi connectivity index (χ0n) is 16.7. The van der Waals surface area contributed by atoms with E-state index in [1.54, 1.807) is 0 Å². The van der Waals surface area contributed by atoms with Gasteiger partial charge in [0.2, 0.25) is 10.0 Å². The van der Waals surface area contributed by atoms with Gasteiger partial charge in [-0.25, -0.2) is 17.9 Å². The lowest BCUT2D eigenvalue weighted by Crippen LogP contribution is -2.41. The number of carboxylic acids is 1. The van der Waals surface area contributed by atoms with Crippen LogP contribution in [0.1, 0.15) is 29.3 Å². The SMILES string of the molecule is CC(=O)C(CC(=O)O)NC(=O)c1ccc(CNS(=O)(=O)c2ccc3oc(=O)[nH]c3c2)cc1. The van der Waals surface area contributed by atoms with Gasteiger partial charge in [0.15, 0.2) is 11.4 Å². The van der Waals surface area contributed by atoms with Crippen molar-refractivity contribution in [2.75, 3.05) is 0 Å². The summed E-state index contributed by atoms with van der Waals surface area (Å²) in [6.45, 7) is 1.12. The Morgan fingerprint density at radius 1 is 1.12 bits per heavy atom. The molecular weight excluding hydrogens is 442 g/mol. The van der Waals surface area contributed by atoms with Crippen molar-refractivity contribution in [2.45, 2.75) is 30.8 Å². The summed E-state index contributed by atoms with van der Waals surface area (Å²) < 4.78 is 32.3. The van der Waals surface area contributed by atoms with Gasteiger partial charge in [0.25, 0.3) is 5.91 Å². The number of oxazole rings is 1. The van der Waals surface area contributed by atoms with Crippen LogP contribution in [0.2, 0.25) is 0 Å². The lowest BCUT2D eigenvalue weighted by atomic mass is 10.1. The molecule has 12 heteroatoms. The molecule has 1 aromatic heterocycles. The molecule has 0 fully saturated rings. The first kappa shape index (κ1) is 22.9. The number of carbonyl (C=O) groups is 3. The van der Waals surface area contributed by atoms with Crippen LogP contribution < -0.4 is 15.8 Å². The molecule has 32 heavy (non-hydrogen) atoms. The van der Waals surface area contributed by atoms with Crippen LogP contribution in [0.3, 0.4) is 0 Å². The molecule has 168 valence electrons. The Bertz CT molecular complexity index is 1340. The molecule has 0 spiro atoms. The van der Waals surface area contributed by atoms with E-state index < -0.39 is 45.9 Å². The number of hydrogen-bond acceptors (Lipinski definition) is 7. The Morgan fingerprint density at radius 2 is 1.81 bits per heavy atom. The van der Waals surface area contributed by atoms with Crippen LogP contribution in [0.25, 0.3) is 11.1 Å². The molecule has 0 saturated carbocycles.